The van der Waals surface area contributed by atoms with Crippen LogP contribution in [0, 0.1) is 11.7 Å². The zero-order valence-electron chi connectivity index (χ0n) is 11.8. The standard InChI is InChI=1S/C15H20FNO3/c1-10(20-14-5-3-4-12(16)8-14)15(19)17(2)9-11-6-13(18)7-11/h3-5,8,10-11,13,18H,6-7,9H2,1-2H3. The number of aliphatic hydroxyl groups is 1. The maximum atomic E-state index is 13.0. The number of carbonyl (C=O) groups is 1. The van der Waals surface area contributed by atoms with Crippen molar-refractivity contribution < 1.29 is 19.0 Å². The number of halogens is 1. The van der Waals surface area contributed by atoms with Crippen LogP contribution in [0.2, 0.25) is 0 Å². The number of ether oxygens (including phenoxy) is 1. The summed E-state index contributed by atoms with van der Waals surface area (Å²) in [6.45, 7) is 2.27. The molecule has 0 aromatic heterocycles. The van der Waals surface area contributed by atoms with Gasteiger partial charge in [0.2, 0.25) is 0 Å². The Bertz CT molecular complexity index is 474. The topological polar surface area (TPSA) is 49.8 Å². The summed E-state index contributed by atoms with van der Waals surface area (Å²) < 4.78 is 18.5. The highest BCUT2D eigenvalue weighted by molar-refractivity contribution is 5.80. The number of aliphatic hydroxyl groups excluding tert-OH is 1. The van der Waals surface area contributed by atoms with Gasteiger partial charge in [0, 0.05) is 19.7 Å². The fraction of sp³-hybridized carbons (Fsp3) is 0.533. The number of amides is 1. The van der Waals surface area contributed by atoms with Crippen molar-refractivity contribution in [3.05, 3.63) is 30.1 Å². The maximum absolute atomic E-state index is 13.0. The van der Waals surface area contributed by atoms with Crippen LogP contribution in [0.3, 0.4) is 0 Å². The van der Waals surface area contributed by atoms with Gasteiger partial charge in [-0.3, -0.25) is 4.79 Å². The van der Waals surface area contributed by atoms with Crippen molar-refractivity contribution in [2.45, 2.75) is 32.0 Å². The third-order valence-electron chi connectivity index (χ3n) is 3.58. The van der Waals surface area contributed by atoms with Crippen molar-refractivity contribution >= 4 is 5.91 Å². The molecular formula is C15H20FNO3. The minimum Gasteiger partial charge on any atom is -0.481 e. The molecule has 20 heavy (non-hydrogen) atoms. The highest BCUT2D eigenvalue weighted by Gasteiger charge is 2.30. The van der Waals surface area contributed by atoms with E-state index in [1.807, 2.05) is 0 Å². The molecule has 1 amide bonds. The Morgan fingerprint density at radius 3 is 2.85 bits per heavy atom. The summed E-state index contributed by atoms with van der Waals surface area (Å²) in [6, 6.07) is 5.75. The van der Waals surface area contributed by atoms with E-state index in [4.69, 9.17) is 4.74 Å². The Morgan fingerprint density at radius 1 is 1.55 bits per heavy atom. The molecule has 1 N–H and O–H groups in total. The normalized spacial score (nSPS) is 22.8. The van der Waals surface area contributed by atoms with Gasteiger partial charge in [-0.15, -0.1) is 0 Å². The molecule has 1 fully saturated rings. The molecule has 1 atom stereocenters. The molecule has 110 valence electrons. The highest BCUT2D eigenvalue weighted by atomic mass is 19.1. The Hall–Kier alpha value is -1.62. The highest BCUT2D eigenvalue weighted by Crippen LogP contribution is 2.27. The Morgan fingerprint density at radius 2 is 2.25 bits per heavy atom. The van der Waals surface area contributed by atoms with Crippen LogP contribution >= 0.6 is 0 Å². The number of carbonyl (C=O) groups excluding carboxylic acids is 1. The molecule has 2 rings (SSSR count). The summed E-state index contributed by atoms with van der Waals surface area (Å²) in [5, 5.41) is 9.24. The van der Waals surface area contributed by atoms with Crippen molar-refractivity contribution in [1.29, 1.82) is 0 Å². The molecule has 1 aromatic carbocycles. The van der Waals surface area contributed by atoms with Gasteiger partial charge in [0.25, 0.3) is 5.91 Å². The van der Waals surface area contributed by atoms with E-state index in [2.05, 4.69) is 0 Å². The van der Waals surface area contributed by atoms with Crippen molar-refractivity contribution in [2.75, 3.05) is 13.6 Å². The molecule has 4 nitrogen and oxygen atoms in total. The first-order valence-corrected chi connectivity index (χ1v) is 6.81. The summed E-state index contributed by atoms with van der Waals surface area (Å²) in [7, 11) is 1.72. The molecule has 1 aliphatic rings. The fourth-order valence-electron chi connectivity index (χ4n) is 2.43. The average Bonchev–Trinajstić information content (AvgIpc) is 2.35. The number of hydrogen-bond acceptors (Lipinski definition) is 3. The largest absolute Gasteiger partial charge is 0.481 e. The van der Waals surface area contributed by atoms with E-state index < -0.39 is 6.10 Å². The van der Waals surface area contributed by atoms with E-state index in [9.17, 15) is 14.3 Å². The molecule has 0 spiro atoms. The maximum Gasteiger partial charge on any atom is 0.263 e. The molecule has 0 aliphatic heterocycles. The van der Waals surface area contributed by atoms with Crippen LogP contribution in [-0.2, 0) is 4.79 Å². The number of likely N-dealkylation sites (N-methyl/N-ethyl adjacent to an activating group) is 1. The lowest BCUT2D eigenvalue weighted by Crippen LogP contribution is -2.44. The van der Waals surface area contributed by atoms with Crippen molar-refractivity contribution in [1.82, 2.24) is 4.90 Å². The second kappa shape index (κ2) is 6.22. The van der Waals surface area contributed by atoms with Gasteiger partial charge in [-0.2, -0.15) is 0 Å². The van der Waals surface area contributed by atoms with Crippen LogP contribution in [0.1, 0.15) is 19.8 Å². The summed E-state index contributed by atoms with van der Waals surface area (Å²) in [4.78, 5) is 13.7. The van der Waals surface area contributed by atoms with Gasteiger partial charge in [0.15, 0.2) is 6.10 Å². The Labute approximate surface area is 118 Å². The van der Waals surface area contributed by atoms with E-state index in [0.717, 1.165) is 12.8 Å². The molecule has 0 bridgehead atoms. The molecular weight excluding hydrogens is 261 g/mol. The smallest absolute Gasteiger partial charge is 0.263 e. The van der Waals surface area contributed by atoms with Crippen LogP contribution in [0.4, 0.5) is 4.39 Å². The van der Waals surface area contributed by atoms with Crippen LogP contribution in [-0.4, -0.2) is 41.7 Å². The quantitative estimate of drug-likeness (QED) is 0.895. The summed E-state index contributed by atoms with van der Waals surface area (Å²) >= 11 is 0. The fourth-order valence-corrected chi connectivity index (χ4v) is 2.43. The predicted octanol–water partition coefficient (Wildman–Crippen LogP) is 1.82. The zero-order valence-corrected chi connectivity index (χ0v) is 11.8. The van der Waals surface area contributed by atoms with Crippen LogP contribution in [0.15, 0.2) is 24.3 Å². The first kappa shape index (κ1) is 14.8. The molecule has 0 radical (unpaired) electrons. The second-order valence-electron chi connectivity index (χ2n) is 5.43. The first-order chi connectivity index (χ1) is 9.45. The molecule has 0 heterocycles. The minimum absolute atomic E-state index is 0.143. The molecule has 5 heteroatoms. The van der Waals surface area contributed by atoms with Gasteiger partial charge in [-0.25, -0.2) is 4.39 Å². The van der Waals surface area contributed by atoms with Crippen molar-refractivity contribution in [3.63, 3.8) is 0 Å². The first-order valence-electron chi connectivity index (χ1n) is 6.81. The van der Waals surface area contributed by atoms with Gasteiger partial charge >= 0.3 is 0 Å². The molecule has 1 unspecified atom stereocenters. The molecule has 1 aliphatic carbocycles. The zero-order chi connectivity index (χ0) is 14.7. The van der Waals surface area contributed by atoms with Gasteiger partial charge in [-0.1, -0.05) is 6.07 Å². The van der Waals surface area contributed by atoms with Crippen molar-refractivity contribution in [3.8, 4) is 5.75 Å². The Kier molecular flexibility index (Phi) is 4.60. The predicted molar refractivity (Wildman–Crippen MR) is 72.9 cm³/mol. The monoisotopic (exact) mass is 281 g/mol. The molecule has 1 aromatic rings. The Balaban J connectivity index is 1.84. The average molecular weight is 281 g/mol. The van der Waals surface area contributed by atoms with Crippen LogP contribution < -0.4 is 4.74 Å². The summed E-state index contributed by atoms with van der Waals surface area (Å²) in [6.07, 6.45) is 0.615. The second-order valence-corrected chi connectivity index (χ2v) is 5.43. The minimum atomic E-state index is -0.660. The van der Waals surface area contributed by atoms with Gasteiger partial charge < -0.3 is 14.7 Å². The SMILES string of the molecule is CC(Oc1cccc(F)c1)C(=O)N(C)CC1CC(O)C1. The van der Waals surface area contributed by atoms with Gasteiger partial charge in [-0.05, 0) is 37.8 Å². The number of nitrogens with zero attached hydrogens (tertiary/aromatic N) is 1. The van der Waals surface area contributed by atoms with E-state index in [1.54, 1.807) is 31.0 Å². The third-order valence-corrected chi connectivity index (χ3v) is 3.58. The number of rotatable bonds is 5. The van der Waals surface area contributed by atoms with Crippen LogP contribution in [0.25, 0.3) is 0 Å². The lowest BCUT2D eigenvalue weighted by atomic mass is 9.82. The van der Waals surface area contributed by atoms with E-state index in [0.29, 0.717) is 18.2 Å². The lowest BCUT2D eigenvalue weighted by Gasteiger charge is -2.35. The number of hydrogen-bond donors (Lipinski definition) is 1. The van der Waals surface area contributed by atoms with Crippen LogP contribution in [0.5, 0.6) is 5.75 Å². The summed E-state index contributed by atoms with van der Waals surface area (Å²) in [5.41, 5.74) is 0. The summed E-state index contributed by atoms with van der Waals surface area (Å²) in [5.74, 6) is 0.174. The van der Waals surface area contributed by atoms with E-state index in [-0.39, 0.29) is 17.8 Å². The number of benzene rings is 1. The lowest BCUT2D eigenvalue weighted by molar-refractivity contribution is -0.138. The van der Waals surface area contributed by atoms with Gasteiger partial charge in [0.1, 0.15) is 11.6 Å². The van der Waals surface area contributed by atoms with Crippen molar-refractivity contribution in [2.24, 2.45) is 5.92 Å². The molecule has 0 saturated heterocycles. The molecule has 1 saturated carbocycles. The third kappa shape index (κ3) is 3.70. The van der Waals surface area contributed by atoms with Gasteiger partial charge in [0.05, 0.1) is 6.10 Å². The van der Waals surface area contributed by atoms with E-state index in [1.165, 1.54) is 12.1 Å². The van der Waals surface area contributed by atoms with E-state index >= 15 is 0 Å².